The lowest BCUT2D eigenvalue weighted by Gasteiger charge is -2.28. The number of rotatable bonds is 2. The van der Waals surface area contributed by atoms with E-state index in [2.05, 4.69) is 15.5 Å². The zero-order valence-electron chi connectivity index (χ0n) is 10.8. The number of pyridine rings is 1. The number of hydrogen-bond acceptors (Lipinski definition) is 4. The Hall–Kier alpha value is -1.73. The molecular weight excluding hydrogens is 262 g/mol. The summed E-state index contributed by atoms with van der Waals surface area (Å²) >= 11 is 5.24. The van der Waals surface area contributed by atoms with Gasteiger partial charge in [0.1, 0.15) is 5.69 Å². The number of aryl methyl sites for hydroxylation is 1. The molecule has 1 aliphatic rings. The number of thiocarbonyl (C=S) groups is 1. The predicted octanol–water partition coefficient (Wildman–Crippen LogP) is 0.217. The second-order valence-electron chi connectivity index (χ2n) is 4.23. The van der Waals surface area contributed by atoms with E-state index < -0.39 is 0 Å². The van der Waals surface area contributed by atoms with Crippen molar-refractivity contribution in [2.75, 3.05) is 26.3 Å². The van der Waals surface area contributed by atoms with Crippen molar-refractivity contribution in [2.24, 2.45) is 10.8 Å². The molecule has 0 amide bonds. The lowest BCUT2D eigenvalue weighted by molar-refractivity contribution is 0.0677. The van der Waals surface area contributed by atoms with Crippen LogP contribution in [0.2, 0.25) is 0 Å². The molecule has 102 valence electrons. The van der Waals surface area contributed by atoms with E-state index >= 15 is 0 Å². The molecule has 0 spiro atoms. The van der Waals surface area contributed by atoms with E-state index in [0.717, 1.165) is 18.7 Å². The molecule has 0 atom stereocenters. The topological polar surface area (TPSA) is 75.8 Å². The summed E-state index contributed by atoms with van der Waals surface area (Å²) in [4.78, 5) is 6.16. The number of ether oxygens (including phenoxy) is 1. The van der Waals surface area contributed by atoms with Gasteiger partial charge < -0.3 is 15.4 Å². The van der Waals surface area contributed by atoms with Crippen LogP contribution >= 0.6 is 12.2 Å². The van der Waals surface area contributed by atoms with Gasteiger partial charge in [0.2, 0.25) is 0 Å². The Labute approximate surface area is 117 Å². The van der Waals surface area contributed by atoms with E-state index in [0.29, 0.717) is 29.9 Å². The van der Waals surface area contributed by atoms with Gasteiger partial charge in [-0.3, -0.25) is 10.4 Å². The molecule has 0 radical (unpaired) electrons. The molecule has 2 rings (SSSR count). The molecule has 7 heteroatoms. The van der Waals surface area contributed by atoms with Gasteiger partial charge in [-0.25, -0.2) is 0 Å². The Bertz CT molecular complexity index is 485. The first kappa shape index (κ1) is 13.7. The molecular formula is C12H17N5OS. The number of aromatic nitrogens is 1. The van der Waals surface area contributed by atoms with Crippen molar-refractivity contribution in [2.45, 2.75) is 6.92 Å². The summed E-state index contributed by atoms with van der Waals surface area (Å²) in [5, 5.41) is 4.62. The van der Waals surface area contributed by atoms with Crippen molar-refractivity contribution in [3.8, 4) is 0 Å². The fourth-order valence-electron chi connectivity index (χ4n) is 1.68. The van der Waals surface area contributed by atoms with Crippen molar-refractivity contribution in [1.82, 2.24) is 15.3 Å². The third-order valence-electron chi connectivity index (χ3n) is 2.75. The van der Waals surface area contributed by atoms with Crippen LogP contribution in [0, 0.1) is 6.92 Å². The lowest BCUT2D eigenvalue weighted by Crippen LogP contribution is -2.45. The Balaban J connectivity index is 1.95. The summed E-state index contributed by atoms with van der Waals surface area (Å²) in [6.07, 6.45) is 1.70. The van der Waals surface area contributed by atoms with Crippen LogP contribution < -0.4 is 11.2 Å². The number of hydrazone groups is 1. The van der Waals surface area contributed by atoms with E-state index in [9.17, 15) is 0 Å². The number of amidine groups is 1. The molecule has 2 heterocycles. The first-order valence-corrected chi connectivity index (χ1v) is 6.46. The molecule has 0 aliphatic carbocycles. The van der Waals surface area contributed by atoms with Crippen LogP contribution in [0.3, 0.4) is 0 Å². The summed E-state index contributed by atoms with van der Waals surface area (Å²) in [5.41, 5.74) is 10.4. The second kappa shape index (κ2) is 6.44. The summed E-state index contributed by atoms with van der Waals surface area (Å²) in [7, 11) is 0. The van der Waals surface area contributed by atoms with Gasteiger partial charge in [-0.1, -0.05) is 0 Å². The van der Waals surface area contributed by atoms with Crippen molar-refractivity contribution in [3.63, 3.8) is 0 Å². The van der Waals surface area contributed by atoms with E-state index in [1.165, 1.54) is 0 Å². The normalized spacial score (nSPS) is 16.3. The Kier molecular flexibility index (Phi) is 4.64. The number of nitrogens with zero attached hydrogens (tertiary/aromatic N) is 3. The molecule has 0 aromatic carbocycles. The van der Waals surface area contributed by atoms with E-state index in [1.807, 2.05) is 24.0 Å². The van der Waals surface area contributed by atoms with Gasteiger partial charge in [0.05, 0.1) is 13.2 Å². The zero-order chi connectivity index (χ0) is 13.7. The van der Waals surface area contributed by atoms with Gasteiger partial charge in [-0.2, -0.15) is 5.10 Å². The minimum atomic E-state index is 0.319. The van der Waals surface area contributed by atoms with Crippen molar-refractivity contribution >= 4 is 23.2 Å². The Morgan fingerprint density at radius 3 is 2.95 bits per heavy atom. The predicted molar refractivity (Wildman–Crippen MR) is 77.8 cm³/mol. The van der Waals surface area contributed by atoms with E-state index in [4.69, 9.17) is 22.7 Å². The summed E-state index contributed by atoms with van der Waals surface area (Å²) < 4.78 is 5.26. The highest BCUT2D eigenvalue weighted by Crippen LogP contribution is 2.00. The van der Waals surface area contributed by atoms with Crippen LogP contribution in [0.5, 0.6) is 0 Å². The number of morpholine rings is 1. The Morgan fingerprint density at radius 1 is 1.53 bits per heavy atom. The summed E-state index contributed by atoms with van der Waals surface area (Å²) in [5.74, 6) is 0.319. The zero-order valence-corrected chi connectivity index (χ0v) is 11.6. The maximum Gasteiger partial charge on any atom is 0.189 e. The van der Waals surface area contributed by atoms with E-state index in [1.54, 1.807) is 6.20 Å². The van der Waals surface area contributed by atoms with Gasteiger partial charge in [-0.15, -0.1) is 0 Å². The molecule has 1 fully saturated rings. The monoisotopic (exact) mass is 279 g/mol. The molecule has 1 aromatic heterocycles. The first-order chi connectivity index (χ1) is 9.16. The molecule has 6 nitrogen and oxygen atoms in total. The SMILES string of the molecule is Cc1ccnc(/C(N)=N/NC(=S)N2CCOCC2)c1. The van der Waals surface area contributed by atoms with Crippen LogP contribution in [-0.4, -0.2) is 47.1 Å². The van der Waals surface area contributed by atoms with Crippen LogP contribution in [0.25, 0.3) is 0 Å². The second-order valence-corrected chi connectivity index (χ2v) is 4.62. The van der Waals surface area contributed by atoms with Gasteiger partial charge >= 0.3 is 0 Å². The standard InChI is InChI=1S/C12H17N5OS/c1-9-2-3-14-10(8-9)11(13)15-16-12(19)17-4-6-18-7-5-17/h2-3,8H,4-7H2,1H3,(H2,13,15)(H,16,19). The Morgan fingerprint density at radius 2 is 2.26 bits per heavy atom. The number of nitrogens with two attached hydrogens (primary N) is 1. The third-order valence-corrected chi connectivity index (χ3v) is 3.10. The van der Waals surface area contributed by atoms with Gasteiger partial charge in [0.15, 0.2) is 10.9 Å². The average Bonchev–Trinajstić information content (AvgIpc) is 2.45. The maximum atomic E-state index is 5.86. The number of hydrogen-bond donors (Lipinski definition) is 2. The quantitative estimate of drug-likeness (QED) is 0.349. The summed E-state index contributed by atoms with van der Waals surface area (Å²) in [6, 6.07) is 3.78. The molecule has 1 aliphatic heterocycles. The minimum absolute atomic E-state index is 0.319. The fraction of sp³-hybridized carbons (Fsp3) is 0.417. The summed E-state index contributed by atoms with van der Waals surface area (Å²) in [6.45, 7) is 4.87. The van der Waals surface area contributed by atoms with E-state index in [-0.39, 0.29) is 0 Å². The molecule has 0 unspecified atom stereocenters. The van der Waals surface area contributed by atoms with Crippen LogP contribution in [0.4, 0.5) is 0 Å². The third kappa shape index (κ3) is 3.87. The van der Waals surface area contributed by atoms with Gasteiger partial charge in [0, 0.05) is 19.3 Å². The molecule has 0 bridgehead atoms. The van der Waals surface area contributed by atoms with Crippen molar-refractivity contribution in [3.05, 3.63) is 29.6 Å². The average molecular weight is 279 g/mol. The van der Waals surface area contributed by atoms with Crippen molar-refractivity contribution in [1.29, 1.82) is 0 Å². The largest absolute Gasteiger partial charge is 0.380 e. The minimum Gasteiger partial charge on any atom is -0.380 e. The highest BCUT2D eigenvalue weighted by atomic mass is 32.1. The fourth-order valence-corrected chi connectivity index (χ4v) is 1.91. The van der Waals surface area contributed by atoms with Gasteiger partial charge in [0.25, 0.3) is 0 Å². The molecule has 3 N–H and O–H groups in total. The lowest BCUT2D eigenvalue weighted by atomic mass is 10.2. The van der Waals surface area contributed by atoms with Crippen LogP contribution in [0.1, 0.15) is 11.3 Å². The smallest absolute Gasteiger partial charge is 0.189 e. The van der Waals surface area contributed by atoms with Crippen molar-refractivity contribution < 1.29 is 4.74 Å². The maximum absolute atomic E-state index is 5.86. The first-order valence-electron chi connectivity index (χ1n) is 6.05. The molecule has 1 saturated heterocycles. The highest BCUT2D eigenvalue weighted by Gasteiger charge is 2.13. The van der Waals surface area contributed by atoms with Crippen LogP contribution in [0.15, 0.2) is 23.4 Å². The molecule has 0 saturated carbocycles. The highest BCUT2D eigenvalue weighted by molar-refractivity contribution is 7.80. The molecule has 19 heavy (non-hydrogen) atoms. The number of nitrogens with one attached hydrogen (secondary N) is 1. The van der Waals surface area contributed by atoms with Crippen LogP contribution in [-0.2, 0) is 4.74 Å². The molecule has 1 aromatic rings. The van der Waals surface area contributed by atoms with Gasteiger partial charge in [-0.05, 0) is 36.8 Å².